The van der Waals surface area contributed by atoms with E-state index >= 15 is 0 Å². The summed E-state index contributed by atoms with van der Waals surface area (Å²) < 4.78 is 0. The van der Waals surface area contributed by atoms with Gasteiger partial charge in [-0.15, -0.1) is 0 Å². The Labute approximate surface area is 125 Å². The van der Waals surface area contributed by atoms with Gasteiger partial charge >= 0.3 is 0 Å². The van der Waals surface area contributed by atoms with Crippen molar-refractivity contribution in [1.82, 2.24) is 10.3 Å². The molecule has 2 rings (SSSR count). The number of nitrogens with zero attached hydrogens (tertiary/aromatic N) is 2. The van der Waals surface area contributed by atoms with E-state index in [-0.39, 0.29) is 5.91 Å². The van der Waals surface area contributed by atoms with Gasteiger partial charge in [0.1, 0.15) is 5.82 Å². The van der Waals surface area contributed by atoms with Gasteiger partial charge in [-0.25, -0.2) is 4.98 Å². The molecule has 1 N–H and O–H groups in total. The number of hydrogen-bond acceptors (Lipinski definition) is 4. The minimum atomic E-state index is 0.159. The van der Waals surface area contributed by atoms with Crippen molar-refractivity contribution in [2.45, 2.75) is 19.8 Å². The molecule has 20 heavy (non-hydrogen) atoms. The fraction of sp³-hybridized carbons (Fsp3) is 0.600. The lowest BCUT2D eigenvalue weighted by Gasteiger charge is -2.33. The number of aromatic nitrogens is 1. The minimum Gasteiger partial charge on any atom is -0.356 e. The van der Waals surface area contributed by atoms with E-state index in [1.807, 2.05) is 18.3 Å². The summed E-state index contributed by atoms with van der Waals surface area (Å²) in [5.74, 6) is 3.30. The van der Waals surface area contributed by atoms with Gasteiger partial charge in [0.25, 0.3) is 0 Å². The molecule has 4 nitrogen and oxygen atoms in total. The van der Waals surface area contributed by atoms with Crippen molar-refractivity contribution in [2.75, 3.05) is 36.0 Å². The van der Waals surface area contributed by atoms with Crippen LogP contribution in [0.1, 0.15) is 19.8 Å². The number of anilines is 1. The summed E-state index contributed by atoms with van der Waals surface area (Å²) in [6.07, 6.45) is 4.19. The van der Waals surface area contributed by atoms with Crippen LogP contribution in [0.3, 0.4) is 0 Å². The van der Waals surface area contributed by atoms with E-state index in [0.29, 0.717) is 11.7 Å². The number of amides is 1. The van der Waals surface area contributed by atoms with E-state index < -0.39 is 0 Å². The zero-order valence-electron chi connectivity index (χ0n) is 12.0. The van der Waals surface area contributed by atoms with Crippen molar-refractivity contribution in [3.63, 3.8) is 0 Å². The van der Waals surface area contributed by atoms with Crippen molar-refractivity contribution >= 4 is 23.5 Å². The Kier molecular flexibility index (Phi) is 6.18. The topological polar surface area (TPSA) is 45.2 Å². The highest BCUT2D eigenvalue weighted by atomic mass is 32.2. The number of nitrogens with one attached hydrogen (secondary N) is 1. The molecular weight excluding hydrogens is 270 g/mol. The molecule has 0 radical (unpaired) electrons. The molecule has 0 spiro atoms. The van der Waals surface area contributed by atoms with Crippen LogP contribution in [0.2, 0.25) is 0 Å². The van der Waals surface area contributed by atoms with E-state index in [1.54, 1.807) is 11.8 Å². The summed E-state index contributed by atoms with van der Waals surface area (Å²) in [5.41, 5.74) is 0. The second-order valence-electron chi connectivity index (χ2n) is 5.08. The zero-order valence-corrected chi connectivity index (χ0v) is 12.9. The van der Waals surface area contributed by atoms with Crippen LogP contribution in [0.25, 0.3) is 0 Å². The van der Waals surface area contributed by atoms with Crippen molar-refractivity contribution in [3.8, 4) is 0 Å². The molecule has 1 atom stereocenters. The van der Waals surface area contributed by atoms with E-state index in [9.17, 15) is 4.79 Å². The molecular formula is C15H23N3OS. The largest absolute Gasteiger partial charge is 0.356 e. The minimum absolute atomic E-state index is 0.159. The summed E-state index contributed by atoms with van der Waals surface area (Å²) >= 11 is 1.67. The molecule has 1 aromatic rings. The van der Waals surface area contributed by atoms with Gasteiger partial charge in [0.15, 0.2) is 0 Å². The molecule has 5 heteroatoms. The summed E-state index contributed by atoms with van der Waals surface area (Å²) in [4.78, 5) is 18.4. The van der Waals surface area contributed by atoms with Crippen LogP contribution in [-0.2, 0) is 4.79 Å². The third kappa shape index (κ3) is 4.71. The van der Waals surface area contributed by atoms with E-state index in [1.165, 1.54) is 12.8 Å². The smallest absolute Gasteiger partial charge is 0.230 e. The Morgan fingerprint density at radius 1 is 1.55 bits per heavy atom. The molecule has 1 fully saturated rings. The highest BCUT2D eigenvalue weighted by Crippen LogP contribution is 2.20. The monoisotopic (exact) mass is 293 g/mol. The number of carbonyl (C=O) groups excluding carboxylic acids is 1. The van der Waals surface area contributed by atoms with Crippen molar-refractivity contribution in [3.05, 3.63) is 24.4 Å². The fourth-order valence-corrected chi connectivity index (χ4v) is 2.98. The van der Waals surface area contributed by atoms with Crippen LogP contribution in [0.4, 0.5) is 5.82 Å². The lowest BCUT2D eigenvalue weighted by Crippen LogP contribution is -2.41. The first-order chi connectivity index (χ1) is 9.79. The van der Waals surface area contributed by atoms with Gasteiger partial charge < -0.3 is 10.2 Å². The Hall–Kier alpha value is -1.23. The lowest BCUT2D eigenvalue weighted by atomic mass is 9.98. The third-order valence-corrected chi connectivity index (χ3v) is 4.39. The molecule has 0 bridgehead atoms. The van der Waals surface area contributed by atoms with Crippen molar-refractivity contribution in [1.29, 1.82) is 0 Å². The molecule has 0 aromatic carbocycles. The van der Waals surface area contributed by atoms with Crippen molar-refractivity contribution in [2.24, 2.45) is 5.92 Å². The third-order valence-electron chi connectivity index (χ3n) is 3.52. The summed E-state index contributed by atoms with van der Waals surface area (Å²) in [6.45, 7) is 4.90. The average molecular weight is 293 g/mol. The number of piperidine rings is 1. The lowest BCUT2D eigenvalue weighted by molar-refractivity contribution is -0.118. The first-order valence-corrected chi connectivity index (χ1v) is 8.45. The summed E-state index contributed by atoms with van der Waals surface area (Å²) in [6, 6.07) is 6.02. The van der Waals surface area contributed by atoms with Crippen LogP contribution in [-0.4, -0.2) is 42.0 Å². The maximum Gasteiger partial charge on any atom is 0.230 e. The Morgan fingerprint density at radius 2 is 2.45 bits per heavy atom. The van der Waals surface area contributed by atoms with Gasteiger partial charge in [-0.05, 0) is 36.6 Å². The molecule has 1 saturated heterocycles. The Morgan fingerprint density at radius 3 is 3.20 bits per heavy atom. The van der Waals surface area contributed by atoms with E-state index in [2.05, 4.69) is 28.2 Å². The molecule has 1 aliphatic rings. The maximum absolute atomic E-state index is 11.6. The standard InChI is InChI=1S/C15H23N3OS/c1-2-20-12-15(19)17-10-13-6-5-9-18(11-13)14-7-3-4-8-16-14/h3-4,7-8,13H,2,5-6,9-12H2,1H3,(H,17,19). The molecule has 1 aromatic heterocycles. The predicted octanol–water partition coefficient (Wildman–Crippen LogP) is 2.17. The summed E-state index contributed by atoms with van der Waals surface area (Å²) in [5, 5.41) is 3.05. The molecule has 2 heterocycles. The number of rotatable bonds is 6. The second kappa shape index (κ2) is 8.15. The van der Waals surface area contributed by atoms with Gasteiger partial charge in [0.2, 0.25) is 5.91 Å². The van der Waals surface area contributed by atoms with Gasteiger partial charge in [0.05, 0.1) is 5.75 Å². The van der Waals surface area contributed by atoms with E-state index in [0.717, 1.165) is 31.2 Å². The first-order valence-electron chi connectivity index (χ1n) is 7.30. The predicted molar refractivity (Wildman–Crippen MR) is 85.2 cm³/mol. The van der Waals surface area contributed by atoms with Crippen molar-refractivity contribution < 1.29 is 4.79 Å². The Bertz CT molecular complexity index is 413. The normalized spacial score (nSPS) is 18.9. The molecule has 1 aliphatic heterocycles. The number of pyridine rings is 1. The quantitative estimate of drug-likeness (QED) is 0.873. The average Bonchev–Trinajstić information content (AvgIpc) is 2.52. The first kappa shape index (κ1) is 15.2. The Balaban J connectivity index is 1.78. The highest BCUT2D eigenvalue weighted by Gasteiger charge is 2.21. The van der Waals surface area contributed by atoms with Crippen LogP contribution >= 0.6 is 11.8 Å². The zero-order chi connectivity index (χ0) is 14.2. The van der Waals surface area contributed by atoms with Crippen LogP contribution in [0, 0.1) is 5.92 Å². The number of carbonyl (C=O) groups is 1. The SMILES string of the molecule is CCSCC(=O)NCC1CCCN(c2ccccn2)C1. The maximum atomic E-state index is 11.6. The van der Waals surface area contributed by atoms with Gasteiger partial charge in [-0.3, -0.25) is 4.79 Å². The molecule has 1 amide bonds. The second-order valence-corrected chi connectivity index (χ2v) is 6.36. The fourth-order valence-electron chi connectivity index (χ4n) is 2.48. The van der Waals surface area contributed by atoms with Crippen LogP contribution < -0.4 is 10.2 Å². The summed E-state index contributed by atoms with van der Waals surface area (Å²) in [7, 11) is 0. The van der Waals surface area contributed by atoms with Gasteiger partial charge in [-0.2, -0.15) is 11.8 Å². The number of thioether (sulfide) groups is 1. The molecule has 0 aliphatic carbocycles. The van der Waals surface area contributed by atoms with Gasteiger partial charge in [0, 0.05) is 25.8 Å². The number of hydrogen-bond donors (Lipinski definition) is 1. The van der Waals surface area contributed by atoms with E-state index in [4.69, 9.17) is 0 Å². The van der Waals surface area contributed by atoms with Gasteiger partial charge in [-0.1, -0.05) is 13.0 Å². The van der Waals surface area contributed by atoms with Crippen LogP contribution in [0.5, 0.6) is 0 Å². The molecule has 1 unspecified atom stereocenters. The molecule has 110 valence electrons. The highest BCUT2D eigenvalue weighted by molar-refractivity contribution is 7.99. The molecule has 0 saturated carbocycles. The van der Waals surface area contributed by atoms with Crippen LogP contribution in [0.15, 0.2) is 24.4 Å².